The van der Waals surface area contributed by atoms with E-state index in [0.717, 1.165) is 0 Å². The first-order valence-electron chi connectivity index (χ1n) is 2.74. The van der Waals surface area contributed by atoms with Gasteiger partial charge in [-0.15, -0.1) is 0 Å². The summed E-state index contributed by atoms with van der Waals surface area (Å²) in [4.78, 5) is 9.85. The maximum absolute atomic E-state index is 12.3. The monoisotopic (exact) mass is 152 g/mol. The standard InChI is InChI=1S/C5H6F2O3/c6-5(7,4(8)9)3-1-10-2-3/h3H,1-2H2,(H,8,9). The minimum Gasteiger partial charge on any atom is -0.477 e. The molecule has 10 heavy (non-hydrogen) atoms. The summed E-state index contributed by atoms with van der Waals surface area (Å²) in [7, 11) is 0. The number of carboxylic acid groups (broad SMARTS) is 1. The number of rotatable bonds is 2. The molecule has 1 fully saturated rings. The van der Waals surface area contributed by atoms with Gasteiger partial charge in [0.15, 0.2) is 0 Å². The van der Waals surface area contributed by atoms with Crippen molar-refractivity contribution in [2.24, 2.45) is 5.92 Å². The summed E-state index contributed by atoms with van der Waals surface area (Å²) in [6.45, 7) is -0.307. The molecule has 1 saturated heterocycles. The molecular weight excluding hydrogens is 146 g/mol. The van der Waals surface area contributed by atoms with Crippen molar-refractivity contribution in [3.63, 3.8) is 0 Å². The van der Waals surface area contributed by atoms with Gasteiger partial charge in [-0.2, -0.15) is 8.78 Å². The number of ether oxygens (including phenoxy) is 1. The van der Waals surface area contributed by atoms with E-state index in [1.807, 2.05) is 0 Å². The van der Waals surface area contributed by atoms with E-state index in [1.54, 1.807) is 0 Å². The number of carbonyl (C=O) groups is 1. The molecule has 0 atom stereocenters. The molecule has 0 aromatic heterocycles. The topological polar surface area (TPSA) is 46.5 Å². The van der Waals surface area contributed by atoms with Crippen LogP contribution in [0, 0.1) is 5.92 Å². The van der Waals surface area contributed by atoms with E-state index in [2.05, 4.69) is 4.74 Å². The molecule has 1 aliphatic rings. The molecule has 0 aromatic carbocycles. The molecule has 1 heterocycles. The SMILES string of the molecule is O=C(O)C(F)(F)C1COC1. The van der Waals surface area contributed by atoms with Crippen LogP contribution in [0.15, 0.2) is 0 Å². The molecule has 1 aliphatic heterocycles. The van der Waals surface area contributed by atoms with Gasteiger partial charge in [0.05, 0.1) is 19.1 Å². The van der Waals surface area contributed by atoms with Gasteiger partial charge in [-0.25, -0.2) is 4.79 Å². The van der Waals surface area contributed by atoms with E-state index in [4.69, 9.17) is 5.11 Å². The Labute approximate surface area is 55.6 Å². The van der Waals surface area contributed by atoms with Crippen LogP contribution < -0.4 is 0 Å². The summed E-state index contributed by atoms with van der Waals surface area (Å²) in [6.07, 6.45) is 0. The molecule has 0 radical (unpaired) electrons. The Morgan fingerprint density at radius 3 is 2.20 bits per heavy atom. The van der Waals surface area contributed by atoms with Crippen LogP contribution in [0.4, 0.5) is 8.78 Å². The van der Waals surface area contributed by atoms with Crippen molar-refractivity contribution < 1.29 is 23.4 Å². The molecule has 0 bridgehead atoms. The fraction of sp³-hybridized carbons (Fsp3) is 0.800. The Morgan fingerprint density at radius 2 is 2.10 bits per heavy atom. The lowest BCUT2D eigenvalue weighted by atomic mass is 10.0. The molecule has 0 aromatic rings. The second kappa shape index (κ2) is 2.16. The number of hydrogen-bond donors (Lipinski definition) is 1. The summed E-state index contributed by atoms with van der Waals surface area (Å²) in [5, 5.41) is 7.97. The van der Waals surface area contributed by atoms with Gasteiger partial charge in [-0.05, 0) is 0 Å². The van der Waals surface area contributed by atoms with Crippen LogP contribution in [0.5, 0.6) is 0 Å². The van der Waals surface area contributed by atoms with Gasteiger partial charge >= 0.3 is 11.9 Å². The predicted octanol–water partition coefficient (Wildman–Crippen LogP) is 0.353. The van der Waals surface area contributed by atoms with E-state index in [9.17, 15) is 13.6 Å². The number of halogens is 2. The first kappa shape index (κ1) is 7.40. The van der Waals surface area contributed by atoms with Crippen molar-refractivity contribution in [3.8, 4) is 0 Å². The normalized spacial score (nSPS) is 20.2. The Balaban J connectivity index is 2.57. The molecule has 1 N–H and O–H groups in total. The van der Waals surface area contributed by atoms with Crippen LogP contribution in [0.3, 0.4) is 0 Å². The van der Waals surface area contributed by atoms with Crippen molar-refractivity contribution in [2.45, 2.75) is 5.92 Å². The molecule has 3 nitrogen and oxygen atoms in total. The van der Waals surface area contributed by atoms with Crippen LogP contribution in [0.25, 0.3) is 0 Å². The van der Waals surface area contributed by atoms with Gasteiger partial charge < -0.3 is 9.84 Å². The van der Waals surface area contributed by atoms with Crippen molar-refractivity contribution in [3.05, 3.63) is 0 Å². The van der Waals surface area contributed by atoms with E-state index in [-0.39, 0.29) is 13.2 Å². The third-order valence-electron chi connectivity index (χ3n) is 1.44. The van der Waals surface area contributed by atoms with Crippen molar-refractivity contribution >= 4 is 5.97 Å². The molecule has 1 rings (SSSR count). The van der Waals surface area contributed by atoms with Crippen molar-refractivity contribution in [1.82, 2.24) is 0 Å². The predicted molar refractivity (Wildman–Crippen MR) is 26.9 cm³/mol. The fourth-order valence-corrected chi connectivity index (χ4v) is 0.620. The summed E-state index contributed by atoms with van der Waals surface area (Å²) in [5.74, 6) is -6.82. The summed E-state index contributed by atoms with van der Waals surface area (Å²) < 4.78 is 29.1. The third-order valence-corrected chi connectivity index (χ3v) is 1.44. The fourth-order valence-electron chi connectivity index (χ4n) is 0.620. The van der Waals surface area contributed by atoms with Crippen molar-refractivity contribution in [2.75, 3.05) is 13.2 Å². The summed E-state index contributed by atoms with van der Waals surface area (Å²) >= 11 is 0. The first-order chi connectivity index (χ1) is 4.55. The zero-order chi connectivity index (χ0) is 7.78. The van der Waals surface area contributed by atoms with Crippen LogP contribution in [0.1, 0.15) is 0 Å². The number of carboxylic acids is 1. The quantitative estimate of drug-likeness (QED) is 0.621. The lowest BCUT2D eigenvalue weighted by Gasteiger charge is -2.30. The second-order valence-corrected chi connectivity index (χ2v) is 2.16. The second-order valence-electron chi connectivity index (χ2n) is 2.16. The Bertz CT molecular complexity index is 153. The molecule has 0 unspecified atom stereocenters. The minimum atomic E-state index is -3.61. The Morgan fingerprint density at radius 1 is 1.60 bits per heavy atom. The smallest absolute Gasteiger partial charge is 0.375 e. The molecule has 5 heteroatoms. The van der Waals surface area contributed by atoms with Gasteiger partial charge in [0.1, 0.15) is 0 Å². The molecular formula is C5H6F2O3. The van der Waals surface area contributed by atoms with E-state index in [1.165, 1.54) is 0 Å². The summed E-state index contributed by atoms with van der Waals surface area (Å²) in [5.41, 5.74) is 0. The molecule has 0 saturated carbocycles. The number of hydrogen-bond acceptors (Lipinski definition) is 2. The zero-order valence-corrected chi connectivity index (χ0v) is 5.01. The van der Waals surface area contributed by atoms with Crippen LogP contribution in [-0.2, 0) is 9.53 Å². The largest absolute Gasteiger partial charge is 0.477 e. The highest BCUT2D eigenvalue weighted by molar-refractivity contribution is 5.75. The van der Waals surface area contributed by atoms with Crippen LogP contribution in [0.2, 0.25) is 0 Å². The van der Waals surface area contributed by atoms with Crippen LogP contribution >= 0.6 is 0 Å². The lowest BCUT2D eigenvalue weighted by molar-refractivity contribution is -0.200. The molecule has 0 amide bonds. The van der Waals surface area contributed by atoms with Gasteiger partial charge in [0.2, 0.25) is 0 Å². The lowest BCUT2D eigenvalue weighted by Crippen LogP contribution is -2.47. The maximum atomic E-state index is 12.3. The van der Waals surface area contributed by atoms with E-state index < -0.39 is 17.8 Å². The van der Waals surface area contributed by atoms with E-state index >= 15 is 0 Å². The average Bonchev–Trinajstić information content (AvgIpc) is 1.57. The van der Waals surface area contributed by atoms with Crippen LogP contribution in [-0.4, -0.2) is 30.2 Å². The molecule has 0 spiro atoms. The maximum Gasteiger partial charge on any atom is 0.375 e. The molecule has 58 valence electrons. The molecule has 0 aliphatic carbocycles. The first-order valence-corrected chi connectivity index (χ1v) is 2.74. The summed E-state index contributed by atoms with van der Waals surface area (Å²) in [6, 6.07) is 0. The highest BCUT2D eigenvalue weighted by Crippen LogP contribution is 2.30. The van der Waals surface area contributed by atoms with E-state index in [0.29, 0.717) is 0 Å². The van der Waals surface area contributed by atoms with Gasteiger partial charge in [-0.3, -0.25) is 0 Å². The highest BCUT2D eigenvalue weighted by Gasteiger charge is 2.50. The van der Waals surface area contributed by atoms with Gasteiger partial charge in [0, 0.05) is 0 Å². The number of aliphatic carboxylic acids is 1. The minimum absolute atomic E-state index is 0.153. The number of alkyl halides is 2. The zero-order valence-electron chi connectivity index (χ0n) is 5.01. The van der Waals surface area contributed by atoms with Gasteiger partial charge in [-0.1, -0.05) is 0 Å². The average molecular weight is 152 g/mol. The highest BCUT2D eigenvalue weighted by atomic mass is 19.3. The third kappa shape index (κ3) is 0.965. The van der Waals surface area contributed by atoms with Gasteiger partial charge in [0.25, 0.3) is 0 Å². The Hall–Kier alpha value is -0.710. The van der Waals surface area contributed by atoms with Crippen molar-refractivity contribution in [1.29, 1.82) is 0 Å². The Kier molecular flexibility index (Phi) is 1.60.